The number of amides is 1. The fraction of sp³-hybridized carbons (Fsp3) is 0.412. The van der Waals surface area contributed by atoms with Crippen molar-refractivity contribution in [1.29, 1.82) is 0 Å². The summed E-state index contributed by atoms with van der Waals surface area (Å²) in [6.45, 7) is 9.28. The summed E-state index contributed by atoms with van der Waals surface area (Å²) in [6.07, 6.45) is 0. The number of carbonyl (C=O) groups is 1. The van der Waals surface area contributed by atoms with Gasteiger partial charge in [-0.15, -0.1) is 0 Å². The molecular weight excluding hydrogens is 340 g/mol. The number of anilines is 1. The van der Waals surface area contributed by atoms with E-state index in [9.17, 15) is 13.2 Å². The summed E-state index contributed by atoms with van der Waals surface area (Å²) < 4.78 is 27.4. The van der Waals surface area contributed by atoms with Crippen molar-refractivity contribution in [2.75, 3.05) is 5.32 Å². The van der Waals surface area contributed by atoms with Crippen molar-refractivity contribution in [3.63, 3.8) is 0 Å². The van der Waals surface area contributed by atoms with Crippen molar-refractivity contribution in [3.05, 3.63) is 41.7 Å². The zero-order valence-corrected chi connectivity index (χ0v) is 15.9. The molecule has 0 atom stereocenters. The lowest BCUT2D eigenvalue weighted by Gasteiger charge is -2.20. The average molecular weight is 364 g/mol. The molecule has 0 unspecified atom stereocenters. The fourth-order valence-electron chi connectivity index (χ4n) is 2.15. The molecule has 136 valence electrons. The predicted molar refractivity (Wildman–Crippen MR) is 97.1 cm³/mol. The van der Waals surface area contributed by atoms with Crippen LogP contribution in [0.5, 0.6) is 0 Å². The van der Waals surface area contributed by atoms with Crippen LogP contribution in [0.3, 0.4) is 0 Å². The standard InChI is InChI=1S/C17H24N4O3S/c1-11(2)14-10-15(20-19-14)16(22)18-12-7-6-8-13(9-12)25(23,24)21-17(3,4)5/h6-11,21H,1-5H3,(H,18,22)(H,19,20). The number of hydrogen-bond donors (Lipinski definition) is 3. The number of hydrogen-bond acceptors (Lipinski definition) is 4. The zero-order valence-electron chi connectivity index (χ0n) is 15.0. The highest BCUT2D eigenvalue weighted by Crippen LogP contribution is 2.19. The second kappa shape index (κ2) is 6.97. The highest BCUT2D eigenvalue weighted by molar-refractivity contribution is 7.89. The Morgan fingerprint density at radius 2 is 1.88 bits per heavy atom. The van der Waals surface area contributed by atoms with Crippen LogP contribution < -0.4 is 10.0 Å². The quantitative estimate of drug-likeness (QED) is 0.759. The van der Waals surface area contributed by atoms with Gasteiger partial charge in [-0.2, -0.15) is 5.10 Å². The number of rotatable bonds is 5. The average Bonchev–Trinajstić information content (AvgIpc) is 2.95. The Balaban J connectivity index is 2.20. The monoisotopic (exact) mass is 364 g/mol. The van der Waals surface area contributed by atoms with E-state index in [4.69, 9.17) is 0 Å². The predicted octanol–water partition coefficient (Wildman–Crippen LogP) is 2.86. The summed E-state index contributed by atoms with van der Waals surface area (Å²) in [5.74, 6) is -0.174. The Morgan fingerprint density at radius 1 is 1.20 bits per heavy atom. The molecule has 3 N–H and O–H groups in total. The number of benzene rings is 1. The van der Waals surface area contributed by atoms with Crippen molar-refractivity contribution in [2.24, 2.45) is 0 Å². The molecule has 25 heavy (non-hydrogen) atoms. The Morgan fingerprint density at radius 3 is 2.44 bits per heavy atom. The molecule has 0 fully saturated rings. The molecule has 2 aromatic rings. The maximum absolute atomic E-state index is 12.4. The summed E-state index contributed by atoms with van der Waals surface area (Å²) in [7, 11) is -3.67. The van der Waals surface area contributed by atoms with Gasteiger partial charge in [-0.1, -0.05) is 19.9 Å². The van der Waals surface area contributed by atoms with Crippen molar-refractivity contribution in [1.82, 2.24) is 14.9 Å². The molecule has 1 aromatic heterocycles. The van der Waals surface area contributed by atoms with Crippen LogP contribution in [0, 0.1) is 0 Å². The summed E-state index contributed by atoms with van der Waals surface area (Å²) in [4.78, 5) is 12.4. The topological polar surface area (TPSA) is 104 Å². The zero-order chi connectivity index (χ0) is 18.8. The van der Waals surface area contributed by atoms with Crippen molar-refractivity contribution < 1.29 is 13.2 Å². The largest absolute Gasteiger partial charge is 0.321 e. The number of carbonyl (C=O) groups excluding carboxylic acids is 1. The van der Waals surface area contributed by atoms with Crippen LogP contribution in [-0.2, 0) is 10.0 Å². The molecule has 0 aliphatic heterocycles. The van der Waals surface area contributed by atoms with Gasteiger partial charge in [0.1, 0.15) is 0 Å². The maximum atomic E-state index is 12.4. The van der Waals surface area contributed by atoms with Crippen molar-refractivity contribution in [3.8, 4) is 0 Å². The lowest BCUT2D eigenvalue weighted by Crippen LogP contribution is -2.40. The normalized spacial score (nSPS) is 12.4. The van der Waals surface area contributed by atoms with E-state index in [-0.39, 0.29) is 16.5 Å². The number of nitrogens with one attached hydrogen (secondary N) is 3. The molecule has 2 rings (SSSR count). The molecule has 0 spiro atoms. The van der Waals surface area contributed by atoms with Gasteiger partial charge in [-0.05, 0) is 51.0 Å². The van der Waals surface area contributed by atoms with Crippen LogP contribution in [0.25, 0.3) is 0 Å². The van der Waals surface area contributed by atoms with E-state index in [1.54, 1.807) is 39.0 Å². The van der Waals surface area contributed by atoms with Crippen molar-refractivity contribution in [2.45, 2.75) is 51.0 Å². The minimum Gasteiger partial charge on any atom is -0.321 e. The van der Waals surface area contributed by atoms with Crippen LogP contribution in [0.2, 0.25) is 0 Å². The Hall–Kier alpha value is -2.19. The first-order chi connectivity index (χ1) is 11.5. The van der Waals surface area contributed by atoms with E-state index in [0.29, 0.717) is 5.69 Å². The van der Waals surface area contributed by atoms with Gasteiger partial charge >= 0.3 is 0 Å². The van der Waals surface area contributed by atoms with Crippen LogP contribution in [0.4, 0.5) is 5.69 Å². The second-order valence-corrected chi connectivity index (χ2v) is 8.88. The third-order valence-electron chi connectivity index (χ3n) is 3.30. The number of H-pyrrole nitrogens is 1. The van der Waals surface area contributed by atoms with Crippen LogP contribution in [-0.4, -0.2) is 30.1 Å². The van der Waals surface area contributed by atoms with Gasteiger partial charge in [0.05, 0.1) is 4.90 Å². The first kappa shape index (κ1) is 19.1. The molecule has 8 heteroatoms. The highest BCUT2D eigenvalue weighted by atomic mass is 32.2. The molecular formula is C17H24N4O3S. The number of aromatic amines is 1. The van der Waals surface area contributed by atoms with E-state index in [0.717, 1.165) is 5.69 Å². The van der Waals surface area contributed by atoms with E-state index in [1.165, 1.54) is 12.1 Å². The molecule has 0 bridgehead atoms. The summed E-state index contributed by atoms with van der Waals surface area (Å²) in [5, 5.41) is 9.47. The lowest BCUT2D eigenvalue weighted by molar-refractivity contribution is 0.102. The Kier molecular flexibility index (Phi) is 5.34. The van der Waals surface area contributed by atoms with Gasteiger partial charge < -0.3 is 5.32 Å². The van der Waals surface area contributed by atoms with E-state index >= 15 is 0 Å². The van der Waals surface area contributed by atoms with Gasteiger partial charge in [0.25, 0.3) is 5.91 Å². The Labute approximate surface area is 148 Å². The third kappa shape index (κ3) is 5.14. The van der Waals surface area contributed by atoms with Gasteiger partial charge in [-0.3, -0.25) is 9.89 Å². The first-order valence-corrected chi connectivity index (χ1v) is 9.47. The van der Waals surface area contributed by atoms with Gasteiger partial charge in [-0.25, -0.2) is 13.1 Å². The summed E-state index contributed by atoms with van der Waals surface area (Å²) in [6, 6.07) is 7.79. The molecule has 1 amide bonds. The first-order valence-electron chi connectivity index (χ1n) is 7.99. The van der Waals surface area contributed by atoms with Crippen LogP contribution >= 0.6 is 0 Å². The van der Waals surface area contributed by atoms with Gasteiger partial charge in [0.15, 0.2) is 5.69 Å². The van der Waals surface area contributed by atoms with Crippen LogP contribution in [0.1, 0.15) is 56.7 Å². The Bertz CT molecular complexity index is 864. The highest BCUT2D eigenvalue weighted by Gasteiger charge is 2.22. The SMILES string of the molecule is CC(C)c1cc(C(=O)Nc2cccc(S(=O)(=O)NC(C)(C)C)c2)n[nH]1. The fourth-order valence-corrected chi connectivity index (χ4v) is 3.61. The van der Waals surface area contributed by atoms with E-state index in [1.807, 2.05) is 13.8 Å². The molecule has 1 aromatic carbocycles. The summed E-state index contributed by atoms with van der Waals surface area (Å²) >= 11 is 0. The molecule has 0 saturated heterocycles. The van der Waals surface area contributed by atoms with E-state index in [2.05, 4.69) is 20.2 Å². The molecule has 7 nitrogen and oxygen atoms in total. The number of sulfonamides is 1. The summed E-state index contributed by atoms with van der Waals surface area (Å²) in [5.41, 5.74) is 0.900. The third-order valence-corrected chi connectivity index (χ3v) is 5.05. The molecule has 0 aliphatic carbocycles. The lowest BCUT2D eigenvalue weighted by atomic mass is 10.1. The maximum Gasteiger partial charge on any atom is 0.276 e. The number of nitrogens with zero attached hydrogens (tertiary/aromatic N) is 1. The molecule has 1 heterocycles. The van der Waals surface area contributed by atoms with Crippen LogP contribution in [0.15, 0.2) is 35.2 Å². The minimum absolute atomic E-state index is 0.0881. The van der Waals surface area contributed by atoms with Gasteiger partial charge in [0.2, 0.25) is 10.0 Å². The minimum atomic E-state index is -3.67. The van der Waals surface area contributed by atoms with Gasteiger partial charge in [0, 0.05) is 16.9 Å². The number of aromatic nitrogens is 2. The molecule has 0 saturated carbocycles. The molecule has 0 aliphatic rings. The van der Waals surface area contributed by atoms with E-state index < -0.39 is 21.5 Å². The smallest absolute Gasteiger partial charge is 0.276 e. The second-order valence-electron chi connectivity index (χ2n) is 7.20. The van der Waals surface area contributed by atoms with Crippen molar-refractivity contribution >= 4 is 21.6 Å². The molecule has 0 radical (unpaired) electrons.